The van der Waals surface area contributed by atoms with E-state index in [1.54, 1.807) is 0 Å². The summed E-state index contributed by atoms with van der Waals surface area (Å²) in [5.41, 5.74) is 0.173. The Morgan fingerprint density at radius 2 is 1.80 bits per heavy atom. The molecule has 1 N–H and O–H groups in total. The molecule has 0 aromatic heterocycles. The average Bonchev–Trinajstić information content (AvgIpc) is 2.34. The van der Waals surface area contributed by atoms with Crippen molar-refractivity contribution in [2.75, 3.05) is 6.54 Å². The lowest BCUT2D eigenvalue weighted by Gasteiger charge is -2.23. The van der Waals surface area contributed by atoms with E-state index in [4.69, 9.17) is 4.74 Å². The summed E-state index contributed by atoms with van der Waals surface area (Å²) in [5.74, 6) is 0. The van der Waals surface area contributed by atoms with Crippen LogP contribution < -0.4 is 5.32 Å². The number of rotatable bonds is 4. The Hall–Kier alpha value is -1.84. The van der Waals surface area contributed by atoms with E-state index in [2.05, 4.69) is 10.3 Å². The molecule has 0 spiro atoms. The summed E-state index contributed by atoms with van der Waals surface area (Å²) >= 11 is 0. The molecule has 1 amide bonds. The monoisotopic (exact) mass is 276 g/mol. The molecule has 0 fully saturated rings. The van der Waals surface area contributed by atoms with Gasteiger partial charge in [0.25, 0.3) is 0 Å². The summed E-state index contributed by atoms with van der Waals surface area (Å²) in [6.45, 7) is 9.86. The summed E-state index contributed by atoms with van der Waals surface area (Å²) in [7, 11) is 0. The van der Waals surface area contributed by atoms with Crippen LogP contribution in [0.3, 0.4) is 0 Å². The third-order valence-corrected chi connectivity index (χ3v) is 2.43. The number of alkyl carbamates (subject to hydrolysis) is 1. The Morgan fingerprint density at radius 1 is 1.20 bits per heavy atom. The third-order valence-electron chi connectivity index (χ3n) is 2.43. The van der Waals surface area contributed by atoms with Crippen LogP contribution in [-0.2, 0) is 4.74 Å². The SMILES string of the molecule is CC(C)(CNC(=O)OC(C)(C)C)N=Cc1ccccc1. The van der Waals surface area contributed by atoms with Crippen molar-refractivity contribution in [3.05, 3.63) is 35.9 Å². The highest BCUT2D eigenvalue weighted by Crippen LogP contribution is 2.10. The summed E-state index contributed by atoms with van der Waals surface area (Å²) in [6.07, 6.45) is 1.40. The summed E-state index contributed by atoms with van der Waals surface area (Å²) < 4.78 is 5.19. The van der Waals surface area contributed by atoms with Gasteiger partial charge in [-0.3, -0.25) is 4.99 Å². The molecule has 0 heterocycles. The molecule has 0 aliphatic carbocycles. The lowest BCUT2D eigenvalue weighted by molar-refractivity contribution is 0.0518. The molecular weight excluding hydrogens is 252 g/mol. The fourth-order valence-corrected chi connectivity index (χ4v) is 1.44. The molecule has 0 aliphatic rings. The number of carbonyl (C=O) groups is 1. The molecule has 4 heteroatoms. The Balaban J connectivity index is 2.49. The van der Waals surface area contributed by atoms with Gasteiger partial charge in [0.2, 0.25) is 0 Å². The van der Waals surface area contributed by atoms with Crippen LogP contribution in [0.25, 0.3) is 0 Å². The number of carbonyl (C=O) groups excluding carboxylic acids is 1. The van der Waals surface area contributed by atoms with E-state index < -0.39 is 11.7 Å². The zero-order chi connectivity index (χ0) is 15.2. The zero-order valence-corrected chi connectivity index (χ0v) is 12.9. The van der Waals surface area contributed by atoms with E-state index >= 15 is 0 Å². The highest BCUT2D eigenvalue weighted by molar-refractivity contribution is 5.79. The first-order valence-corrected chi connectivity index (χ1v) is 6.75. The van der Waals surface area contributed by atoms with Gasteiger partial charge in [0.1, 0.15) is 5.60 Å². The average molecular weight is 276 g/mol. The maximum atomic E-state index is 11.6. The molecule has 4 nitrogen and oxygen atoms in total. The van der Waals surface area contributed by atoms with Gasteiger partial charge in [-0.1, -0.05) is 30.3 Å². The number of ether oxygens (including phenoxy) is 1. The van der Waals surface area contributed by atoms with Crippen molar-refractivity contribution in [1.82, 2.24) is 5.32 Å². The molecule has 20 heavy (non-hydrogen) atoms. The predicted octanol–water partition coefficient (Wildman–Crippen LogP) is 3.41. The van der Waals surface area contributed by atoms with Crippen molar-refractivity contribution in [1.29, 1.82) is 0 Å². The number of nitrogens with one attached hydrogen (secondary N) is 1. The minimum absolute atomic E-state index is 0.382. The molecule has 1 aromatic rings. The number of benzene rings is 1. The van der Waals surface area contributed by atoms with Crippen LogP contribution in [0.4, 0.5) is 4.79 Å². The second-order valence-electron chi connectivity index (χ2n) is 6.34. The van der Waals surface area contributed by atoms with Crippen LogP contribution in [0.5, 0.6) is 0 Å². The lowest BCUT2D eigenvalue weighted by Crippen LogP contribution is -2.40. The molecule has 110 valence electrons. The molecule has 0 aliphatic heterocycles. The van der Waals surface area contributed by atoms with Gasteiger partial charge >= 0.3 is 6.09 Å². The molecule has 0 bridgehead atoms. The van der Waals surface area contributed by atoms with Crippen LogP contribution >= 0.6 is 0 Å². The van der Waals surface area contributed by atoms with Crippen molar-refractivity contribution in [2.45, 2.75) is 45.8 Å². The molecule has 1 aromatic carbocycles. The number of hydrogen-bond acceptors (Lipinski definition) is 3. The van der Waals surface area contributed by atoms with Crippen LogP contribution in [0, 0.1) is 0 Å². The zero-order valence-electron chi connectivity index (χ0n) is 12.9. The van der Waals surface area contributed by atoms with E-state index in [0.29, 0.717) is 6.54 Å². The van der Waals surface area contributed by atoms with Crippen LogP contribution in [0.1, 0.15) is 40.2 Å². The Kier molecular flexibility index (Phi) is 5.31. The van der Waals surface area contributed by atoms with Gasteiger partial charge in [0.15, 0.2) is 0 Å². The highest BCUT2D eigenvalue weighted by Gasteiger charge is 2.20. The molecule has 1 rings (SSSR count). The maximum Gasteiger partial charge on any atom is 0.407 e. The molecule has 0 atom stereocenters. The molecule has 0 saturated heterocycles. The summed E-state index contributed by atoms with van der Waals surface area (Å²) in [4.78, 5) is 16.1. The van der Waals surface area contributed by atoms with Crippen molar-refractivity contribution in [2.24, 2.45) is 4.99 Å². The number of hydrogen-bond donors (Lipinski definition) is 1. The van der Waals surface area contributed by atoms with E-state index in [-0.39, 0.29) is 5.54 Å². The first-order valence-electron chi connectivity index (χ1n) is 6.75. The smallest absolute Gasteiger partial charge is 0.407 e. The van der Waals surface area contributed by atoms with Gasteiger partial charge in [-0.25, -0.2) is 4.79 Å². The van der Waals surface area contributed by atoms with Gasteiger partial charge in [-0.15, -0.1) is 0 Å². The predicted molar refractivity (Wildman–Crippen MR) is 82.4 cm³/mol. The first-order chi connectivity index (χ1) is 9.18. The van der Waals surface area contributed by atoms with Crippen LogP contribution in [0.2, 0.25) is 0 Å². The fraction of sp³-hybridized carbons (Fsp3) is 0.500. The Labute approximate surface area is 121 Å². The van der Waals surface area contributed by atoms with Crippen molar-refractivity contribution >= 4 is 12.3 Å². The largest absolute Gasteiger partial charge is 0.444 e. The van der Waals surface area contributed by atoms with Crippen LogP contribution in [-0.4, -0.2) is 30.0 Å². The molecule has 0 unspecified atom stereocenters. The van der Waals surface area contributed by atoms with Crippen molar-refractivity contribution in [3.8, 4) is 0 Å². The highest BCUT2D eigenvalue weighted by atomic mass is 16.6. The third kappa shape index (κ3) is 6.92. The van der Waals surface area contributed by atoms with Crippen molar-refractivity contribution < 1.29 is 9.53 Å². The van der Waals surface area contributed by atoms with E-state index in [9.17, 15) is 4.79 Å². The number of aliphatic imine (C=N–C) groups is 1. The van der Waals surface area contributed by atoms with Crippen molar-refractivity contribution in [3.63, 3.8) is 0 Å². The number of amides is 1. The second kappa shape index (κ2) is 6.55. The van der Waals surface area contributed by atoms with Crippen LogP contribution in [0.15, 0.2) is 35.3 Å². The Bertz CT molecular complexity index is 459. The summed E-state index contributed by atoms with van der Waals surface area (Å²) in [5, 5.41) is 2.74. The van der Waals surface area contributed by atoms with Gasteiger partial charge in [-0.05, 0) is 40.2 Å². The molecule has 0 radical (unpaired) electrons. The van der Waals surface area contributed by atoms with E-state index in [1.807, 2.05) is 71.2 Å². The van der Waals surface area contributed by atoms with Gasteiger partial charge in [0, 0.05) is 12.8 Å². The maximum absolute atomic E-state index is 11.6. The molecule has 0 saturated carbocycles. The minimum atomic E-state index is -0.485. The lowest BCUT2D eigenvalue weighted by atomic mass is 10.1. The summed E-state index contributed by atoms with van der Waals surface area (Å²) in [6, 6.07) is 9.87. The first kappa shape index (κ1) is 16.2. The van der Waals surface area contributed by atoms with E-state index in [0.717, 1.165) is 5.56 Å². The van der Waals surface area contributed by atoms with E-state index in [1.165, 1.54) is 0 Å². The van der Waals surface area contributed by atoms with Gasteiger partial charge in [0.05, 0.1) is 5.54 Å². The molecular formula is C16H24N2O2. The topological polar surface area (TPSA) is 50.7 Å². The normalized spacial score (nSPS) is 12.4. The fourth-order valence-electron chi connectivity index (χ4n) is 1.44. The standard InChI is InChI=1S/C16H24N2O2/c1-15(2,3)20-14(19)17-12-16(4,5)18-11-13-9-7-6-8-10-13/h6-11H,12H2,1-5H3,(H,17,19). The number of nitrogens with zero attached hydrogens (tertiary/aromatic N) is 1. The Morgan fingerprint density at radius 3 is 2.35 bits per heavy atom. The van der Waals surface area contributed by atoms with Gasteiger partial charge in [-0.2, -0.15) is 0 Å². The second-order valence-corrected chi connectivity index (χ2v) is 6.34. The van der Waals surface area contributed by atoms with Gasteiger partial charge < -0.3 is 10.1 Å². The quantitative estimate of drug-likeness (QED) is 0.857. The minimum Gasteiger partial charge on any atom is -0.444 e.